The predicted molar refractivity (Wildman–Crippen MR) is 108 cm³/mol. The maximum absolute atomic E-state index is 10.4. The number of hydrogen-bond acceptors (Lipinski definition) is 3. The summed E-state index contributed by atoms with van der Waals surface area (Å²) in [7, 11) is 0. The first-order valence-corrected chi connectivity index (χ1v) is 9.03. The topological polar surface area (TPSA) is 60.7 Å². The highest BCUT2D eigenvalue weighted by Crippen LogP contribution is 2.30. The SMILES string of the molecule is C=C[C@H]([C@H](O)CC/C(=C/c1ccc(O)cc1Cl)c1ccccc1)[C@@H](C)O. The van der Waals surface area contributed by atoms with Crippen LogP contribution in [0.5, 0.6) is 5.75 Å². The average Bonchev–Trinajstić information content (AvgIpc) is 2.61. The Morgan fingerprint density at radius 1 is 1.15 bits per heavy atom. The van der Waals surface area contributed by atoms with Crippen molar-refractivity contribution in [3.8, 4) is 5.75 Å². The zero-order valence-corrected chi connectivity index (χ0v) is 15.6. The molecular formula is C22H25ClO3. The first-order valence-electron chi connectivity index (χ1n) is 8.65. The summed E-state index contributed by atoms with van der Waals surface area (Å²) < 4.78 is 0. The first kappa shape index (κ1) is 20.2. The number of phenols is 1. The lowest BCUT2D eigenvalue weighted by atomic mass is 9.90. The summed E-state index contributed by atoms with van der Waals surface area (Å²) in [5.74, 6) is -0.251. The van der Waals surface area contributed by atoms with Gasteiger partial charge in [0.05, 0.1) is 17.2 Å². The highest BCUT2D eigenvalue weighted by atomic mass is 35.5. The van der Waals surface area contributed by atoms with Crippen molar-refractivity contribution >= 4 is 23.3 Å². The molecule has 26 heavy (non-hydrogen) atoms. The molecule has 0 radical (unpaired) electrons. The Labute approximate surface area is 159 Å². The minimum absolute atomic E-state index is 0.120. The zero-order valence-electron chi connectivity index (χ0n) is 14.8. The molecule has 0 aromatic heterocycles. The molecule has 0 spiro atoms. The van der Waals surface area contributed by atoms with Crippen LogP contribution >= 0.6 is 11.6 Å². The minimum Gasteiger partial charge on any atom is -0.508 e. The van der Waals surface area contributed by atoms with Crippen LogP contribution in [0.25, 0.3) is 11.6 Å². The number of aromatic hydroxyl groups is 1. The van der Waals surface area contributed by atoms with Gasteiger partial charge in [0.2, 0.25) is 0 Å². The number of hydrogen-bond donors (Lipinski definition) is 3. The molecule has 2 aromatic rings. The van der Waals surface area contributed by atoms with Crippen LogP contribution in [-0.4, -0.2) is 27.5 Å². The Balaban J connectivity index is 2.28. The van der Waals surface area contributed by atoms with Gasteiger partial charge in [0.1, 0.15) is 5.75 Å². The van der Waals surface area contributed by atoms with Crippen LogP contribution in [0.3, 0.4) is 0 Å². The quantitative estimate of drug-likeness (QED) is 0.455. The molecule has 3 N–H and O–H groups in total. The predicted octanol–water partition coefficient (Wildman–Crippen LogP) is 4.91. The third-order valence-electron chi connectivity index (χ3n) is 4.44. The van der Waals surface area contributed by atoms with Crippen LogP contribution in [0, 0.1) is 5.92 Å². The Hall–Kier alpha value is -2.07. The van der Waals surface area contributed by atoms with Gasteiger partial charge in [-0.15, -0.1) is 6.58 Å². The molecule has 0 aliphatic rings. The first-order chi connectivity index (χ1) is 12.4. The molecule has 0 aliphatic carbocycles. The molecule has 0 saturated heterocycles. The molecule has 0 saturated carbocycles. The van der Waals surface area contributed by atoms with Crippen molar-refractivity contribution in [3.05, 3.63) is 77.3 Å². The number of aliphatic hydroxyl groups is 2. The van der Waals surface area contributed by atoms with Crippen LogP contribution in [0.4, 0.5) is 0 Å². The average molecular weight is 373 g/mol. The number of allylic oxidation sites excluding steroid dienone is 1. The second-order valence-corrected chi connectivity index (χ2v) is 6.81. The minimum atomic E-state index is -0.685. The number of benzene rings is 2. The summed E-state index contributed by atoms with van der Waals surface area (Å²) in [5.41, 5.74) is 2.86. The maximum atomic E-state index is 10.4. The molecule has 2 rings (SSSR count). The van der Waals surface area contributed by atoms with Gasteiger partial charge in [0, 0.05) is 5.92 Å². The normalized spacial score (nSPS) is 15.3. The molecule has 3 atom stereocenters. The van der Waals surface area contributed by atoms with Crippen molar-refractivity contribution in [1.82, 2.24) is 0 Å². The Morgan fingerprint density at radius 3 is 2.42 bits per heavy atom. The molecule has 0 heterocycles. The van der Waals surface area contributed by atoms with Gasteiger partial charge in [-0.2, -0.15) is 0 Å². The van der Waals surface area contributed by atoms with Crippen LogP contribution in [-0.2, 0) is 0 Å². The number of phenolic OH excluding ortho intramolecular Hbond substituents is 1. The summed E-state index contributed by atoms with van der Waals surface area (Å²) in [6, 6.07) is 14.7. The lowest BCUT2D eigenvalue weighted by Crippen LogP contribution is -2.28. The highest BCUT2D eigenvalue weighted by Gasteiger charge is 2.21. The van der Waals surface area contributed by atoms with Crippen LogP contribution in [0.2, 0.25) is 5.02 Å². The maximum Gasteiger partial charge on any atom is 0.117 e. The van der Waals surface area contributed by atoms with Crippen molar-refractivity contribution < 1.29 is 15.3 Å². The van der Waals surface area contributed by atoms with Gasteiger partial charge in [0.15, 0.2) is 0 Å². The Morgan fingerprint density at radius 2 is 1.85 bits per heavy atom. The van der Waals surface area contributed by atoms with Gasteiger partial charge < -0.3 is 15.3 Å². The van der Waals surface area contributed by atoms with E-state index in [0.29, 0.717) is 17.9 Å². The van der Waals surface area contributed by atoms with E-state index >= 15 is 0 Å². The lowest BCUT2D eigenvalue weighted by molar-refractivity contribution is 0.0429. The fourth-order valence-corrected chi connectivity index (χ4v) is 3.17. The molecule has 0 aliphatic heterocycles. The molecule has 2 aromatic carbocycles. The van der Waals surface area contributed by atoms with Gasteiger partial charge >= 0.3 is 0 Å². The third kappa shape index (κ3) is 5.46. The monoisotopic (exact) mass is 372 g/mol. The largest absolute Gasteiger partial charge is 0.508 e. The van der Waals surface area contributed by atoms with Gasteiger partial charge in [-0.25, -0.2) is 0 Å². The molecule has 138 valence electrons. The van der Waals surface area contributed by atoms with E-state index in [1.54, 1.807) is 25.1 Å². The number of rotatable bonds is 8. The molecule has 3 nitrogen and oxygen atoms in total. The summed E-state index contributed by atoms with van der Waals surface area (Å²) in [4.78, 5) is 0. The molecule has 4 heteroatoms. The van der Waals surface area contributed by atoms with E-state index in [-0.39, 0.29) is 11.7 Å². The molecule has 0 bridgehead atoms. The summed E-state index contributed by atoms with van der Waals surface area (Å²) in [5, 5.41) is 30.2. The van der Waals surface area contributed by atoms with Gasteiger partial charge in [-0.3, -0.25) is 0 Å². The summed E-state index contributed by atoms with van der Waals surface area (Å²) in [6.07, 6.45) is 3.32. The Bertz CT molecular complexity index is 753. The van der Waals surface area contributed by atoms with Crippen LogP contribution in [0.1, 0.15) is 30.9 Å². The molecule has 0 unspecified atom stereocenters. The van der Waals surface area contributed by atoms with E-state index in [1.165, 1.54) is 6.07 Å². The van der Waals surface area contributed by atoms with E-state index in [9.17, 15) is 15.3 Å². The van der Waals surface area contributed by atoms with E-state index in [0.717, 1.165) is 16.7 Å². The van der Waals surface area contributed by atoms with Crippen molar-refractivity contribution in [3.63, 3.8) is 0 Å². The standard InChI is InChI=1S/C22H25ClO3/c1-3-20(15(2)24)22(26)12-10-17(16-7-5-4-6-8-16)13-18-9-11-19(25)14-21(18)23/h3-9,11,13-15,20,22,24-26H,1,10,12H2,2H3/b17-13-/t15-,20+,22-/m1/s1. The third-order valence-corrected chi connectivity index (χ3v) is 4.77. The van der Waals surface area contributed by atoms with Crippen LogP contribution < -0.4 is 0 Å². The summed E-state index contributed by atoms with van der Waals surface area (Å²) in [6.45, 7) is 5.35. The second-order valence-electron chi connectivity index (χ2n) is 6.40. The van der Waals surface area contributed by atoms with Gasteiger partial charge in [0.25, 0.3) is 0 Å². The van der Waals surface area contributed by atoms with Gasteiger partial charge in [-0.1, -0.05) is 48.0 Å². The molecular weight excluding hydrogens is 348 g/mol. The van der Waals surface area contributed by atoms with Crippen molar-refractivity contribution in [1.29, 1.82) is 0 Å². The highest BCUT2D eigenvalue weighted by molar-refractivity contribution is 6.32. The second kappa shape index (κ2) is 9.58. The van der Waals surface area contributed by atoms with E-state index in [2.05, 4.69) is 6.58 Å². The van der Waals surface area contributed by atoms with Crippen molar-refractivity contribution in [2.75, 3.05) is 0 Å². The molecule has 0 amide bonds. The van der Waals surface area contributed by atoms with Gasteiger partial charge in [-0.05, 0) is 60.7 Å². The van der Waals surface area contributed by atoms with E-state index in [4.69, 9.17) is 11.6 Å². The number of halogens is 1. The fourth-order valence-electron chi connectivity index (χ4n) is 2.94. The Kier molecular flexibility index (Phi) is 7.46. The van der Waals surface area contributed by atoms with Crippen molar-refractivity contribution in [2.24, 2.45) is 5.92 Å². The number of aliphatic hydroxyl groups excluding tert-OH is 2. The zero-order chi connectivity index (χ0) is 19.1. The molecule has 0 fully saturated rings. The lowest BCUT2D eigenvalue weighted by Gasteiger charge is -2.22. The van der Waals surface area contributed by atoms with E-state index in [1.807, 2.05) is 36.4 Å². The smallest absolute Gasteiger partial charge is 0.117 e. The fraction of sp³-hybridized carbons (Fsp3) is 0.273. The van der Waals surface area contributed by atoms with E-state index < -0.39 is 12.2 Å². The van der Waals surface area contributed by atoms with Crippen LogP contribution in [0.15, 0.2) is 61.2 Å². The van der Waals surface area contributed by atoms with Crippen molar-refractivity contribution in [2.45, 2.75) is 32.0 Å². The summed E-state index contributed by atoms with van der Waals surface area (Å²) >= 11 is 6.24.